The van der Waals surface area contributed by atoms with Crippen molar-refractivity contribution in [1.82, 2.24) is 9.38 Å². The number of rotatable bonds is 4. The van der Waals surface area contributed by atoms with Gasteiger partial charge in [0.15, 0.2) is 10.9 Å². The van der Waals surface area contributed by atoms with E-state index >= 15 is 0 Å². The number of pyridine rings is 1. The van der Waals surface area contributed by atoms with E-state index in [2.05, 4.69) is 11.9 Å². The minimum absolute atomic E-state index is 0.135. The molecule has 0 amide bonds. The van der Waals surface area contributed by atoms with Gasteiger partial charge in [-0.3, -0.25) is 9.20 Å². The maximum absolute atomic E-state index is 12.3. The van der Waals surface area contributed by atoms with Crippen molar-refractivity contribution in [3.63, 3.8) is 0 Å². The number of hydrogen-bond donors (Lipinski definition) is 0. The third-order valence-corrected chi connectivity index (χ3v) is 4.53. The molecule has 0 saturated carbocycles. The SMILES string of the molecule is Cc1ccc(C(=O)CSc2ncc3ccccn23)cc1C. The van der Waals surface area contributed by atoms with Crippen LogP contribution in [0.1, 0.15) is 21.5 Å². The Morgan fingerprint density at radius 3 is 2.86 bits per heavy atom. The molecule has 3 nitrogen and oxygen atoms in total. The summed E-state index contributed by atoms with van der Waals surface area (Å²) in [5, 5.41) is 0.850. The lowest BCUT2D eigenvalue weighted by atomic mass is 10.0. The Morgan fingerprint density at radius 2 is 2.05 bits per heavy atom. The molecule has 1 aromatic carbocycles. The van der Waals surface area contributed by atoms with Crippen LogP contribution in [0.15, 0.2) is 53.9 Å². The van der Waals surface area contributed by atoms with Crippen molar-refractivity contribution in [3.05, 3.63) is 65.5 Å². The van der Waals surface area contributed by atoms with E-state index in [4.69, 9.17) is 0 Å². The summed E-state index contributed by atoms with van der Waals surface area (Å²) in [5.41, 5.74) is 4.17. The van der Waals surface area contributed by atoms with Crippen molar-refractivity contribution >= 4 is 23.1 Å². The first kappa shape index (κ1) is 13.9. The van der Waals surface area contributed by atoms with E-state index < -0.39 is 0 Å². The molecule has 0 unspecified atom stereocenters. The zero-order chi connectivity index (χ0) is 14.8. The van der Waals surface area contributed by atoms with Crippen LogP contribution in [-0.4, -0.2) is 20.9 Å². The predicted molar refractivity (Wildman–Crippen MR) is 86.2 cm³/mol. The zero-order valence-electron chi connectivity index (χ0n) is 12.0. The third kappa shape index (κ3) is 2.85. The summed E-state index contributed by atoms with van der Waals surface area (Å²) >= 11 is 1.47. The molecule has 2 heterocycles. The number of aryl methyl sites for hydroxylation is 2. The van der Waals surface area contributed by atoms with Crippen LogP contribution < -0.4 is 0 Å². The van der Waals surface area contributed by atoms with E-state index in [1.165, 1.54) is 17.3 Å². The van der Waals surface area contributed by atoms with Crippen molar-refractivity contribution in [2.45, 2.75) is 19.0 Å². The molecule has 0 aliphatic carbocycles. The second kappa shape index (κ2) is 5.74. The third-order valence-electron chi connectivity index (χ3n) is 3.57. The summed E-state index contributed by atoms with van der Waals surface area (Å²) in [6, 6.07) is 11.8. The summed E-state index contributed by atoms with van der Waals surface area (Å²) in [4.78, 5) is 16.6. The molecule has 0 atom stereocenters. The quantitative estimate of drug-likeness (QED) is 0.540. The molecule has 0 spiro atoms. The number of hydrogen-bond acceptors (Lipinski definition) is 3. The van der Waals surface area contributed by atoms with Crippen LogP contribution in [0.5, 0.6) is 0 Å². The number of nitrogens with zero attached hydrogens (tertiary/aromatic N) is 2. The van der Waals surface area contributed by atoms with Gasteiger partial charge < -0.3 is 0 Å². The fraction of sp³-hybridized carbons (Fsp3) is 0.176. The van der Waals surface area contributed by atoms with Crippen molar-refractivity contribution in [2.24, 2.45) is 0 Å². The van der Waals surface area contributed by atoms with Crippen LogP contribution in [0.4, 0.5) is 0 Å². The molecule has 0 radical (unpaired) electrons. The molecule has 0 bridgehead atoms. The number of ketones is 1. The van der Waals surface area contributed by atoms with E-state index in [0.29, 0.717) is 5.75 Å². The Hall–Kier alpha value is -2.07. The molecule has 21 heavy (non-hydrogen) atoms. The van der Waals surface area contributed by atoms with E-state index in [9.17, 15) is 4.79 Å². The van der Waals surface area contributed by atoms with Crippen molar-refractivity contribution in [1.29, 1.82) is 0 Å². The number of carbonyl (C=O) groups excluding carboxylic acids is 1. The molecule has 0 aliphatic rings. The summed E-state index contributed by atoms with van der Waals surface area (Å²) in [6.45, 7) is 4.08. The minimum Gasteiger partial charge on any atom is -0.295 e. The standard InChI is InChI=1S/C17H16N2OS/c1-12-6-7-14(9-13(12)2)16(20)11-21-17-18-10-15-5-3-4-8-19(15)17/h3-10H,11H2,1-2H3. The highest BCUT2D eigenvalue weighted by atomic mass is 32.2. The second-order valence-electron chi connectivity index (χ2n) is 5.05. The lowest BCUT2D eigenvalue weighted by Crippen LogP contribution is -2.04. The molecule has 2 aromatic heterocycles. The van der Waals surface area contributed by atoms with Crippen molar-refractivity contribution in [2.75, 3.05) is 5.75 Å². The molecular formula is C17H16N2OS. The summed E-state index contributed by atoms with van der Waals surface area (Å²) in [5.74, 6) is 0.534. The van der Waals surface area contributed by atoms with E-state index in [-0.39, 0.29) is 5.78 Å². The van der Waals surface area contributed by atoms with Gasteiger partial charge in [-0.2, -0.15) is 0 Å². The van der Waals surface area contributed by atoms with Crippen molar-refractivity contribution < 1.29 is 4.79 Å². The highest BCUT2D eigenvalue weighted by molar-refractivity contribution is 7.99. The number of imidazole rings is 1. The Balaban J connectivity index is 1.75. The maximum atomic E-state index is 12.3. The molecule has 4 heteroatoms. The molecular weight excluding hydrogens is 280 g/mol. The lowest BCUT2D eigenvalue weighted by molar-refractivity contribution is 0.102. The molecule has 3 aromatic rings. The number of carbonyl (C=O) groups is 1. The van der Waals surface area contributed by atoms with E-state index in [0.717, 1.165) is 21.8 Å². The Bertz CT molecular complexity index is 807. The monoisotopic (exact) mass is 296 g/mol. The first-order valence-corrected chi connectivity index (χ1v) is 7.79. The van der Waals surface area contributed by atoms with Gasteiger partial charge in [0.2, 0.25) is 0 Å². The first-order valence-electron chi connectivity index (χ1n) is 6.80. The highest BCUT2D eigenvalue weighted by Crippen LogP contribution is 2.20. The Kier molecular flexibility index (Phi) is 3.80. The van der Waals surface area contributed by atoms with Gasteiger partial charge in [-0.15, -0.1) is 0 Å². The average molecular weight is 296 g/mol. The largest absolute Gasteiger partial charge is 0.295 e. The lowest BCUT2D eigenvalue weighted by Gasteiger charge is -2.04. The van der Waals surface area contributed by atoms with Crippen LogP contribution in [0.2, 0.25) is 0 Å². The van der Waals surface area contributed by atoms with E-state index in [1.807, 2.05) is 60.1 Å². The summed E-state index contributed by atoms with van der Waals surface area (Å²) in [6.07, 6.45) is 3.79. The Labute approximate surface area is 128 Å². The number of Topliss-reactive ketones (excluding diaryl/α,β-unsaturated/α-hetero) is 1. The molecule has 106 valence electrons. The second-order valence-corrected chi connectivity index (χ2v) is 5.99. The fourth-order valence-corrected chi connectivity index (χ4v) is 3.01. The van der Waals surface area contributed by atoms with Gasteiger partial charge in [0.25, 0.3) is 0 Å². The maximum Gasteiger partial charge on any atom is 0.173 e. The predicted octanol–water partition coefficient (Wildman–Crippen LogP) is 3.93. The normalized spacial score (nSPS) is 11.0. The number of aromatic nitrogens is 2. The van der Waals surface area contributed by atoms with Crippen LogP contribution in [0.25, 0.3) is 5.52 Å². The number of fused-ring (bicyclic) bond motifs is 1. The average Bonchev–Trinajstić information content (AvgIpc) is 2.91. The Morgan fingerprint density at radius 1 is 1.19 bits per heavy atom. The number of benzene rings is 1. The van der Waals surface area contributed by atoms with Gasteiger partial charge in [-0.25, -0.2) is 4.98 Å². The van der Waals surface area contributed by atoms with Crippen LogP contribution in [0.3, 0.4) is 0 Å². The van der Waals surface area contributed by atoms with Gasteiger partial charge in [0.1, 0.15) is 0 Å². The van der Waals surface area contributed by atoms with Crippen LogP contribution in [-0.2, 0) is 0 Å². The van der Waals surface area contributed by atoms with Gasteiger partial charge in [-0.1, -0.05) is 30.0 Å². The van der Waals surface area contributed by atoms with Gasteiger partial charge in [-0.05, 0) is 43.2 Å². The molecule has 0 saturated heterocycles. The van der Waals surface area contributed by atoms with Crippen LogP contribution in [0, 0.1) is 13.8 Å². The number of thioether (sulfide) groups is 1. The molecule has 0 aliphatic heterocycles. The molecule has 0 fully saturated rings. The van der Waals surface area contributed by atoms with Gasteiger partial charge in [0, 0.05) is 11.8 Å². The summed E-state index contributed by atoms with van der Waals surface area (Å²) < 4.78 is 2.00. The molecule has 3 rings (SSSR count). The van der Waals surface area contributed by atoms with Crippen molar-refractivity contribution in [3.8, 4) is 0 Å². The zero-order valence-corrected chi connectivity index (χ0v) is 12.9. The van der Waals surface area contributed by atoms with Gasteiger partial charge >= 0.3 is 0 Å². The smallest absolute Gasteiger partial charge is 0.173 e. The fourth-order valence-electron chi connectivity index (χ4n) is 2.15. The van der Waals surface area contributed by atoms with E-state index in [1.54, 1.807) is 0 Å². The summed E-state index contributed by atoms with van der Waals surface area (Å²) in [7, 11) is 0. The topological polar surface area (TPSA) is 34.4 Å². The highest BCUT2D eigenvalue weighted by Gasteiger charge is 2.10. The first-order chi connectivity index (χ1) is 10.1. The van der Waals surface area contributed by atoms with Crippen LogP contribution >= 0.6 is 11.8 Å². The minimum atomic E-state index is 0.135. The van der Waals surface area contributed by atoms with Gasteiger partial charge in [0.05, 0.1) is 17.5 Å². The molecule has 0 N–H and O–H groups in total.